The lowest BCUT2D eigenvalue weighted by atomic mass is 9.89. The molecule has 1 aromatic carbocycles. The lowest BCUT2D eigenvalue weighted by molar-refractivity contribution is 0.224. The second-order valence-corrected chi connectivity index (χ2v) is 7.68. The fraction of sp³-hybridized carbons (Fsp3) is 0.500. The molecular weight excluding hydrogens is 342 g/mol. The number of halogens is 1. The zero-order valence-corrected chi connectivity index (χ0v) is 15.7. The van der Waals surface area contributed by atoms with E-state index in [2.05, 4.69) is 51.5 Å². The molecule has 1 aromatic heterocycles. The summed E-state index contributed by atoms with van der Waals surface area (Å²) in [6.07, 6.45) is 1.91. The number of fused-ring (bicyclic) bond motifs is 1. The maximum atomic E-state index is 5.29. The third-order valence-corrected chi connectivity index (χ3v) is 6.03. The molecule has 6 heteroatoms. The van der Waals surface area contributed by atoms with Crippen LogP contribution in [0.5, 0.6) is 5.75 Å². The van der Waals surface area contributed by atoms with Crippen molar-refractivity contribution in [1.29, 1.82) is 0 Å². The van der Waals surface area contributed by atoms with Crippen LogP contribution in [0.4, 0.5) is 0 Å². The lowest BCUT2D eigenvalue weighted by Crippen LogP contribution is -2.28. The van der Waals surface area contributed by atoms with Crippen LogP contribution in [0.25, 0.3) is 0 Å². The van der Waals surface area contributed by atoms with Crippen molar-refractivity contribution in [1.82, 2.24) is 14.8 Å². The first-order valence-corrected chi connectivity index (χ1v) is 9.07. The summed E-state index contributed by atoms with van der Waals surface area (Å²) in [7, 11) is 3.98. The molecule has 24 heavy (non-hydrogen) atoms. The summed E-state index contributed by atoms with van der Waals surface area (Å²) in [6.45, 7) is 4.56. The zero-order valence-electron chi connectivity index (χ0n) is 14.1. The average Bonchev–Trinajstić information content (AvgIpc) is 3.25. The van der Waals surface area contributed by atoms with Crippen LogP contribution in [-0.4, -0.2) is 48.6 Å². The van der Waals surface area contributed by atoms with Gasteiger partial charge in [-0.3, -0.25) is 9.80 Å². The van der Waals surface area contributed by atoms with E-state index in [1.54, 1.807) is 18.4 Å². The first kappa shape index (κ1) is 17.7. The van der Waals surface area contributed by atoms with Crippen molar-refractivity contribution >= 4 is 23.7 Å². The van der Waals surface area contributed by atoms with E-state index in [4.69, 9.17) is 4.74 Å². The standard InChI is InChI=1S/C18H23N3OS.ClH/c1-20-9-14-10-21(12-17-19-7-8-23-17)11-16(14)18(20)13-3-5-15(22-2)6-4-13;/h3-8,14,16,18H,9-12H2,1-2H3;1H/t14-,16+,18-;/m0./s1. The van der Waals surface area contributed by atoms with E-state index in [1.807, 2.05) is 6.20 Å². The number of methoxy groups -OCH3 is 1. The van der Waals surface area contributed by atoms with E-state index >= 15 is 0 Å². The quantitative estimate of drug-likeness (QED) is 0.831. The van der Waals surface area contributed by atoms with Gasteiger partial charge in [-0.05, 0) is 36.6 Å². The SMILES string of the molecule is COc1ccc([C@H]2[C@@H]3CN(Cc4nccs4)C[C@@H]3CN2C)cc1.Cl. The molecular formula is C18H24ClN3OS. The molecule has 0 aliphatic carbocycles. The Kier molecular flexibility index (Phi) is 5.45. The van der Waals surface area contributed by atoms with Gasteiger partial charge in [0.15, 0.2) is 0 Å². The second-order valence-electron chi connectivity index (χ2n) is 6.70. The lowest BCUT2D eigenvalue weighted by Gasteiger charge is -2.26. The molecule has 4 rings (SSSR count). The molecule has 2 saturated heterocycles. The molecule has 2 fully saturated rings. The Hall–Kier alpha value is -1.14. The van der Waals surface area contributed by atoms with Crippen molar-refractivity contribution < 1.29 is 4.74 Å². The Balaban J connectivity index is 0.00000169. The van der Waals surface area contributed by atoms with Gasteiger partial charge in [0, 0.05) is 37.3 Å². The van der Waals surface area contributed by atoms with Crippen LogP contribution in [0.15, 0.2) is 35.8 Å². The minimum atomic E-state index is 0. The number of hydrogen-bond acceptors (Lipinski definition) is 5. The van der Waals surface area contributed by atoms with E-state index < -0.39 is 0 Å². The molecule has 0 N–H and O–H groups in total. The predicted octanol–water partition coefficient (Wildman–Crippen LogP) is 3.31. The van der Waals surface area contributed by atoms with Crippen molar-refractivity contribution in [2.24, 2.45) is 11.8 Å². The minimum Gasteiger partial charge on any atom is -0.497 e. The van der Waals surface area contributed by atoms with Gasteiger partial charge in [-0.1, -0.05) is 12.1 Å². The van der Waals surface area contributed by atoms with E-state index in [-0.39, 0.29) is 12.4 Å². The topological polar surface area (TPSA) is 28.6 Å². The van der Waals surface area contributed by atoms with Gasteiger partial charge in [0.05, 0.1) is 13.7 Å². The highest BCUT2D eigenvalue weighted by atomic mass is 35.5. The fourth-order valence-electron chi connectivity index (χ4n) is 4.30. The first-order chi connectivity index (χ1) is 11.2. The highest BCUT2D eigenvalue weighted by Gasteiger charge is 2.45. The molecule has 0 saturated carbocycles. The first-order valence-electron chi connectivity index (χ1n) is 8.19. The monoisotopic (exact) mass is 365 g/mol. The molecule has 0 spiro atoms. The number of hydrogen-bond donors (Lipinski definition) is 0. The summed E-state index contributed by atoms with van der Waals surface area (Å²) in [4.78, 5) is 9.54. The molecule has 0 amide bonds. The van der Waals surface area contributed by atoms with Gasteiger partial charge in [0.2, 0.25) is 0 Å². The third-order valence-electron chi connectivity index (χ3n) is 5.27. The molecule has 2 aliphatic heterocycles. The number of rotatable bonds is 4. The summed E-state index contributed by atoms with van der Waals surface area (Å²) >= 11 is 1.76. The summed E-state index contributed by atoms with van der Waals surface area (Å²) in [5.74, 6) is 2.42. The van der Waals surface area contributed by atoms with Crippen molar-refractivity contribution in [3.8, 4) is 5.75 Å². The van der Waals surface area contributed by atoms with Crippen molar-refractivity contribution in [3.05, 3.63) is 46.4 Å². The molecule has 130 valence electrons. The summed E-state index contributed by atoms with van der Waals surface area (Å²) in [5.41, 5.74) is 1.41. The van der Waals surface area contributed by atoms with Crippen LogP contribution in [-0.2, 0) is 6.54 Å². The van der Waals surface area contributed by atoms with Gasteiger partial charge in [-0.25, -0.2) is 4.98 Å². The van der Waals surface area contributed by atoms with Gasteiger partial charge in [0.25, 0.3) is 0 Å². The summed E-state index contributed by atoms with van der Waals surface area (Å²) in [6, 6.07) is 9.14. The average molecular weight is 366 g/mol. The Morgan fingerprint density at radius 3 is 2.67 bits per heavy atom. The van der Waals surface area contributed by atoms with Crippen LogP contribution < -0.4 is 4.74 Å². The van der Waals surface area contributed by atoms with Crippen molar-refractivity contribution in [3.63, 3.8) is 0 Å². The Bertz CT molecular complexity index is 649. The van der Waals surface area contributed by atoms with E-state index in [0.29, 0.717) is 12.0 Å². The summed E-state index contributed by atoms with van der Waals surface area (Å²) < 4.78 is 5.29. The highest BCUT2D eigenvalue weighted by molar-refractivity contribution is 7.09. The van der Waals surface area contributed by atoms with E-state index in [0.717, 1.165) is 18.2 Å². The maximum absolute atomic E-state index is 5.29. The Labute approximate surface area is 153 Å². The van der Waals surface area contributed by atoms with Gasteiger partial charge < -0.3 is 4.74 Å². The normalized spacial score (nSPS) is 27.0. The molecule has 3 atom stereocenters. The predicted molar refractivity (Wildman–Crippen MR) is 100.0 cm³/mol. The van der Waals surface area contributed by atoms with Crippen LogP contribution in [0.1, 0.15) is 16.6 Å². The third kappa shape index (κ3) is 3.31. The van der Waals surface area contributed by atoms with Gasteiger partial charge in [0.1, 0.15) is 10.8 Å². The van der Waals surface area contributed by atoms with Crippen molar-refractivity contribution in [2.75, 3.05) is 33.8 Å². The smallest absolute Gasteiger partial charge is 0.118 e. The maximum Gasteiger partial charge on any atom is 0.118 e. The number of aromatic nitrogens is 1. The number of thiazole rings is 1. The number of likely N-dealkylation sites (tertiary alicyclic amines) is 2. The Morgan fingerprint density at radius 2 is 2.00 bits per heavy atom. The number of nitrogens with zero attached hydrogens (tertiary/aromatic N) is 3. The molecule has 3 heterocycles. The van der Waals surface area contributed by atoms with Crippen LogP contribution in [0.3, 0.4) is 0 Å². The number of benzene rings is 1. The second kappa shape index (κ2) is 7.40. The van der Waals surface area contributed by atoms with E-state index in [1.165, 1.54) is 30.2 Å². The minimum absolute atomic E-state index is 0. The van der Waals surface area contributed by atoms with Crippen molar-refractivity contribution in [2.45, 2.75) is 12.6 Å². The van der Waals surface area contributed by atoms with E-state index in [9.17, 15) is 0 Å². The molecule has 0 radical (unpaired) electrons. The van der Waals surface area contributed by atoms with Gasteiger partial charge in [-0.2, -0.15) is 0 Å². The molecule has 4 nitrogen and oxygen atoms in total. The van der Waals surface area contributed by atoms with Gasteiger partial charge in [-0.15, -0.1) is 23.7 Å². The molecule has 0 unspecified atom stereocenters. The molecule has 0 bridgehead atoms. The highest BCUT2D eigenvalue weighted by Crippen LogP contribution is 2.44. The van der Waals surface area contributed by atoms with Crippen LogP contribution in [0, 0.1) is 11.8 Å². The molecule has 2 aromatic rings. The Morgan fingerprint density at radius 1 is 1.21 bits per heavy atom. The van der Waals surface area contributed by atoms with Gasteiger partial charge >= 0.3 is 0 Å². The van der Waals surface area contributed by atoms with Crippen LogP contribution in [0.2, 0.25) is 0 Å². The summed E-state index contributed by atoms with van der Waals surface area (Å²) in [5, 5.41) is 3.31. The fourth-order valence-corrected chi connectivity index (χ4v) is 4.96. The van der Waals surface area contributed by atoms with Crippen LogP contribution >= 0.6 is 23.7 Å². The largest absolute Gasteiger partial charge is 0.497 e. The molecule has 2 aliphatic rings. The zero-order chi connectivity index (χ0) is 15.8. The number of ether oxygens (including phenoxy) is 1.